The van der Waals surface area contributed by atoms with Gasteiger partial charge in [0.25, 0.3) is 10.0 Å². The lowest BCUT2D eigenvalue weighted by Gasteiger charge is -2.15. The molecule has 3 rings (SSSR count). The second-order valence-corrected chi connectivity index (χ2v) is 7.56. The molecule has 0 saturated carbocycles. The Morgan fingerprint density at radius 2 is 1.70 bits per heavy atom. The standard InChI is InChI=1S/C16H14N2O3S2/c1-12-7-9-14(10-8-12)23(20,21)17-16-18(15(19)11-22-16)13-5-3-2-4-6-13/h2-10H,11H2,1H3/b17-16-. The van der Waals surface area contributed by atoms with Gasteiger partial charge in [0.1, 0.15) is 0 Å². The summed E-state index contributed by atoms with van der Waals surface area (Å²) in [5.74, 6) is -0.00371. The highest BCUT2D eigenvalue weighted by molar-refractivity contribution is 8.16. The molecule has 1 amide bonds. The highest BCUT2D eigenvalue weighted by Crippen LogP contribution is 2.28. The van der Waals surface area contributed by atoms with Gasteiger partial charge in [0.05, 0.1) is 16.3 Å². The molecule has 7 heteroatoms. The number of hydrogen-bond acceptors (Lipinski definition) is 4. The number of carbonyl (C=O) groups excluding carboxylic acids is 1. The van der Waals surface area contributed by atoms with Gasteiger partial charge in [-0.25, -0.2) is 0 Å². The topological polar surface area (TPSA) is 66.8 Å². The van der Waals surface area contributed by atoms with E-state index in [4.69, 9.17) is 0 Å². The minimum absolute atomic E-state index is 0.114. The van der Waals surface area contributed by atoms with Crippen LogP contribution in [0.4, 0.5) is 5.69 Å². The average molecular weight is 346 g/mol. The molecule has 1 heterocycles. The summed E-state index contributed by atoms with van der Waals surface area (Å²) >= 11 is 1.13. The van der Waals surface area contributed by atoms with Gasteiger partial charge in [0.2, 0.25) is 5.91 Å². The summed E-state index contributed by atoms with van der Waals surface area (Å²) in [4.78, 5) is 13.5. The number of amides is 1. The number of nitrogens with zero attached hydrogens (tertiary/aromatic N) is 2. The SMILES string of the molecule is Cc1ccc(S(=O)(=O)/N=C2\SCC(=O)N2c2ccccc2)cc1. The van der Waals surface area contributed by atoms with Crippen molar-refractivity contribution in [2.75, 3.05) is 10.7 Å². The van der Waals surface area contributed by atoms with Gasteiger partial charge in [0.15, 0.2) is 5.17 Å². The highest BCUT2D eigenvalue weighted by Gasteiger charge is 2.31. The first-order chi connectivity index (χ1) is 11.0. The van der Waals surface area contributed by atoms with Gasteiger partial charge in [0, 0.05) is 0 Å². The number of para-hydroxylation sites is 1. The maximum absolute atomic E-state index is 12.4. The summed E-state index contributed by atoms with van der Waals surface area (Å²) in [6.45, 7) is 1.88. The third-order valence-electron chi connectivity index (χ3n) is 3.30. The van der Waals surface area contributed by atoms with E-state index in [1.54, 1.807) is 36.4 Å². The smallest absolute Gasteiger partial charge is 0.273 e. The summed E-state index contributed by atoms with van der Waals surface area (Å²) in [6, 6.07) is 15.4. The molecule has 5 nitrogen and oxygen atoms in total. The predicted molar refractivity (Wildman–Crippen MR) is 92.2 cm³/mol. The first kappa shape index (κ1) is 15.8. The number of sulfonamides is 1. The van der Waals surface area contributed by atoms with E-state index in [2.05, 4.69) is 4.40 Å². The second kappa shape index (κ2) is 6.17. The van der Waals surface area contributed by atoms with Crippen molar-refractivity contribution in [2.24, 2.45) is 4.40 Å². The molecule has 0 aromatic heterocycles. The fraction of sp³-hybridized carbons (Fsp3) is 0.125. The second-order valence-electron chi connectivity index (χ2n) is 5.02. The van der Waals surface area contributed by atoms with Crippen LogP contribution in [0, 0.1) is 6.92 Å². The Bertz CT molecular complexity index is 860. The molecule has 0 aliphatic carbocycles. The molecule has 2 aromatic rings. The minimum atomic E-state index is -3.85. The highest BCUT2D eigenvalue weighted by atomic mass is 32.2. The first-order valence-electron chi connectivity index (χ1n) is 6.90. The van der Waals surface area contributed by atoms with E-state index >= 15 is 0 Å². The van der Waals surface area contributed by atoms with Crippen molar-refractivity contribution in [1.29, 1.82) is 0 Å². The molecule has 1 fully saturated rings. The predicted octanol–water partition coefficient (Wildman–Crippen LogP) is 2.82. The zero-order chi connectivity index (χ0) is 16.4. The van der Waals surface area contributed by atoms with E-state index in [0.29, 0.717) is 5.69 Å². The van der Waals surface area contributed by atoms with Crippen LogP contribution in [0.15, 0.2) is 63.9 Å². The van der Waals surface area contributed by atoms with Gasteiger partial charge < -0.3 is 0 Å². The molecule has 0 atom stereocenters. The molecule has 0 radical (unpaired) electrons. The van der Waals surface area contributed by atoms with E-state index in [1.807, 2.05) is 13.0 Å². The third-order valence-corrected chi connectivity index (χ3v) is 5.62. The maximum atomic E-state index is 12.4. The largest absolute Gasteiger partial charge is 0.284 e. The van der Waals surface area contributed by atoms with Crippen molar-refractivity contribution in [2.45, 2.75) is 11.8 Å². The van der Waals surface area contributed by atoms with Gasteiger partial charge >= 0.3 is 0 Å². The Labute approximate surface area is 139 Å². The van der Waals surface area contributed by atoms with E-state index < -0.39 is 10.0 Å². The normalized spacial score (nSPS) is 17.0. The lowest BCUT2D eigenvalue weighted by Crippen LogP contribution is -2.29. The number of thioether (sulfide) groups is 1. The molecule has 0 spiro atoms. The molecule has 0 unspecified atom stereocenters. The molecule has 23 heavy (non-hydrogen) atoms. The molecular weight excluding hydrogens is 332 g/mol. The van der Waals surface area contributed by atoms with Crippen molar-refractivity contribution < 1.29 is 13.2 Å². The molecule has 2 aromatic carbocycles. The van der Waals surface area contributed by atoms with Crippen LogP contribution in [-0.4, -0.2) is 25.2 Å². The van der Waals surface area contributed by atoms with Crippen molar-refractivity contribution in [3.8, 4) is 0 Å². The van der Waals surface area contributed by atoms with Crippen molar-refractivity contribution in [1.82, 2.24) is 0 Å². The van der Waals surface area contributed by atoms with Gasteiger partial charge in [-0.2, -0.15) is 8.42 Å². The Morgan fingerprint density at radius 3 is 2.35 bits per heavy atom. The Balaban J connectivity index is 2.00. The number of rotatable bonds is 3. The van der Waals surface area contributed by atoms with Crippen LogP contribution in [0.25, 0.3) is 0 Å². The van der Waals surface area contributed by atoms with Crippen molar-refractivity contribution >= 4 is 38.5 Å². The molecule has 0 N–H and O–H groups in total. The Hall–Kier alpha value is -2.12. The number of amidine groups is 1. The van der Waals surface area contributed by atoms with Gasteiger partial charge in [-0.15, -0.1) is 4.40 Å². The maximum Gasteiger partial charge on any atom is 0.284 e. The first-order valence-corrected chi connectivity index (χ1v) is 9.32. The molecule has 0 bridgehead atoms. The Kier molecular flexibility index (Phi) is 4.23. The average Bonchev–Trinajstić information content (AvgIpc) is 2.88. The third kappa shape index (κ3) is 3.30. The van der Waals surface area contributed by atoms with Crippen LogP contribution in [0.2, 0.25) is 0 Å². The van der Waals surface area contributed by atoms with Crippen LogP contribution in [0.5, 0.6) is 0 Å². The monoisotopic (exact) mass is 346 g/mol. The number of hydrogen-bond donors (Lipinski definition) is 0. The van der Waals surface area contributed by atoms with Crippen LogP contribution < -0.4 is 4.90 Å². The van der Waals surface area contributed by atoms with Crippen LogP contribution in [-0.2, 0) is 14.8 Å². The van der Waals surface area contributed by atoms with Crippen molar-refractivity contribution in [3.63, 3.8) is 0 Å². The fourth-order valence-electron chi connectivity index (χ4n) is 2.13. The molecular formula is C16H14N2O3S2. The summed E-state index contributed by atoms with van der Waals surface area (Å²) < 4.78 is 28.8. The number of aryl methyl sites for hydroxylation is 1. The van der Waals surface area contributed by atoms with E-state index in [-0.39, 0.29) is 21.7 Å². The molecule has 1 saturated heterocycles. The quantitative estimate of drug-likeness (QED) is 0.857. The number of anilines is 1. The molecule has 1 aliphatic heterocycles. The van der Waals surface area contributed by atoms with Gasteiger partial charge in [-0.3, -0.25) is 9.69 Å². The van der Waals surface area contributed by atoms with Crippen molar-refractivity contribution in [3.05, 3.63) is 60.2 Å². The van der Waals surface area contributed by atoms with E-state index in [9.17, 15) is 13.2 Å². The zero-order valence-electron chi connectivity index (χ0n) is 12.3. The minimum Gasteiger partial charge on any atom is -0.273 e. The Morgan fingerprint density at radius 1 is 1.04 bits per heavy atom. The number of carbonyl (C=O) groups is 1. The lowest BCUT2D eigenvalue weighted by molar-refractivity contribution is -0.115. The van der Waals surface area contributed by atoms with Gasteiger partial charge in [-0.05, 0) is 31.2 Å². The van der Waals surface area contributed by atoms with E-state index in [1.165, 1.54) is 17.0 Å². The zero-order valence-corrected chi connectivity index (χ0v) is 14.0. The molecule has 1 aliphatic rings. The summed E-state index contributed by atoms with van der Waals surface area (Å²) in [5, 5.41) is 0.182. The fourth-order valence-corrected chi connectivity index (χ4v) is 4.22. The van der Waals surface area contributed by atoms with E-state index in [0.717, 1.165) is 17.3 Å². The van der Waals surface area contributed by atoms with Gasteiger partial charge in [-0.1, -0.05) is 47.7 Å². The van der Waals surface area contributed by atoms with Crippen LogP contribution in [0.3, 0.4) is 0 Å². The summed E-state index contributed by atoms with van der Waals surface area (Å²) in [7, 11) is -3.85. The van der Waals surface area contributed by atoms with Crippen LogP contribution >= 0.6 is 11.8 Å². The lowest BCUT2D eigenvalue weighted by atomic mass is 10.2. The molecule has 118 valence electrons. The van der Waals surface area contributed by atoms with Crippen LogP contribution in [0.1, 0.15) is 5.56 Å². The summed E-state index contributed by atoms with van der Waals surface area (Å²) in [5.41, 5.74) is 1.58. The summed E-state index contributed by atoms with van der Waals surface area (Å²) in [6.07, 6.45) is 0. The number of benzene rings is 2.